The highest BCUT2D eigenvalue weighted by atomic mass is 79.9. The molecule has 90 valence electrons. The van der Waals surface area contributed by atoms with Gasteiger partial charge in [-0.3, -0.25) is 4.90 Å². The maximum absolute atomic E-state index is 9.95. The first-order valence-electron chi connectivity index (χ1n) is 5.65. The Morgan fingerprint density at radius 3 is 2.94 bits per heavy atom. The van der Waals surface area contributed by atoms with Crippen molar-refractivity contribution in [2.75, 3.05) is 7.05 Å². The molecular formula is C11H17BrN2OS. The van der Waals surface area contributed by atoms with Gasteiger partial charge in [-0.15, -0.1) is 11.3 Å². The molecule has 1 fully saturated rings. The fourth-order valence-corrected chi connectivity index (χ4v) is 3.66. The molecule has 0 aromatic carbocycles. The summed E-state index contributed by atoms with van der Waals surface area (Å²) in [5.74, 6) is 0. The predicted molar refractivity (Wildman–Crippen MR) is 69.5 cm³/mol. The summed E-state index contributed by atoms with van der Waals surface area (Å²) in [4.78, 5) is 6.56. The number of hydrogen-bond donors (Lipinski definition) is 1. The summed E-state index contributed by atoms with van der Waals surface area (Å²) < 4.78 is 1.07. The zero-order valence-electron chi connectivity index (χ0n) is 9.40. The summed E-state index contributed by atoms with van der Waals surface area (Å²) in [7, 11) is 2.08. The van der Waals surface area contributed by atoms with Crippen LogP contribution in [-0.4, -0.2) is 34.2 Å². The third kappa shape index (κ3) is 3.03. The minimum absolute atomic E-state index is 0.165. The molecule has 5 heteroatoms. The van der Waals surface area contributed by atoms with Crippen LogP contribution in [0.5, 0.6) is 0 Å². The fraction of sp³-hybridized carbons (Fsp3) is 0.727. The number of halogens is 1. The summed E-state index contributed by atoms with van der Waals surface area (Å²) >= 11 is 5.08. The van der Waals surface area contributed by atoms with E-state index in [4.69, 9.17) is 0 Å². The molecule has 1 N–H and O–H groups in total. The van der Waals surface area contributed by atoms with Crippen molar-refractivity contribution in [1.29, 1.82) is 0 Å². The van der Waals surface area contributed by atoms with Gasteiger partial charge in [0.15, 0.2) is 0 Å². The second-order valence-electron chi connectivity index (χ2n) is 4.39. The van der Waals surface area contributed by atoms with Gasteiger partial charge in [-0.1, -0.05) is 12.8 Å². The largest absolute Gasteiger partial charge is 0.391 e. The third-order valence-corrected chi connectivity index (χ3v) is 4.63. The van der Waals surface area contributed by atoms with E-state index in [9.17, 15) is 5.11 Å². The number of aliphatic hydroxyl groups excluding tert-OH is 1. The van der Waals surface area contributed by atoms with Gasteiger partial charge >= 0.3 is 0 Å². The lowest BCUT2D eigenvalue weighted by molar-refractivity contribution is 0.0288. The minimum Gasteiger partial charge on any atom is -0.391 e. The molecule has 0 bridgehead atoms. The van der Waals surface area contributed by atoms with Crippen LogP contribution in [0.15, 0.2) is 9.98 Å². The Hall–Kier alpha value is 0.0300. The van der Waals surface area contributed by atoms with E-state index in [1.54, 1.807) is 11.3 Å². The number of aromatic nitrogens is 1. The molecule has 1 saturated carbocycles. The van der Waals surface area contributed by atoms with Crippen molar-refractivity contribution in [1.82, 2.24) is 9.88 Å². The topological polar surface area (TPSA) is 36.4 Å². The molecule has 2 atom stereocenters. The van der Waals surface area contributed by atoms with Gasteiger partial charge in [-0.05, 0) is 35.8 Å². The third-order valence-electron chi connectivity index (χ3n) is 3.17. The van der Waals surface area contributed by atoms with Crippen LogP contribution in [0.4, 0.5) is 0 Å². The Morgan fingerprint density at radius 1 is 1.56 bits per heavy atom. The lowest BCUT2D eigenvalue weighted by atomic mass is 9.92. The highest BCUT2D eigenvalue weighted by Gasteiger charge is 2.26. The molecule has 2 rings (SSSR count). The highest BCUT2D eigenvalue weighted by molar-refractivity contribution is 9.11. The molecule has 1 heterocycles. The summed E-state index contributed by atoms with van der Waals surface area (Å²) in [6.45, 7) is 0.831. The Balaban J connectivity index is 1.93. The number of hydrogen-bond acceptors (Lipinski definition) is 4. The monoisotopic (exact) mass is 304 g/mol. The number of aliphatic hydroxyl groups is 1. The van der Waals surface area contributed by atoms with Crippen molar-refractivity contribution in [3.63, 3.8) is 0 Å². The van der Waals surface area contributed by atoms with E-state index in [-0.39, 0.29) is 6.10 Å². The number of rotatable bonds is 3. The average molecular weight is 305 g/mol. The number of nitrogens with zero attached hydrogens (tertiary/aromatic N) is 2. The van der Waals surface area contributed by atoms with Gasteiger partial charge in [0.1, 0.15) is 5.01 Å². The standard InChI is InChI=1S/C11H17BrN2OS/c1-14(7-11-13-6-10(12)16-11)8-4-2-3-5-9(8)15/h6,8-9,15H,2-5,7H2,1H3/t8-,9-/m1/s1. The van der Waals surface area contributed by atoms with Crippen molar-refractivity contribution in [3.05, 3.63) is 15.0 Å². The van der Waals surface area contributed by atoms with E-state index in [1.165, 1.54) is 6.42 Å². The quantitative estimate of drug-likeness (QED) is 0.932. The van der Waals surface area contributed by atoms with Crippen LogP contribution in [0.2, 0.25) is 0 Å². The summed E-state index contributed by atoms with van der Waals surface area (Å²) in [5, 5.41) is 11.1. The molecule has 1 aliphatic carbocycles. The second-order valence-corrected chi connectivity index (χ2v) is 6.89. The van der Waals surface area contributed by atoms with Crippen LogP contribution < -0.4 is 0 Å². The van der Waals surface area contributed by atoms with Crippen LogP contribution in [0.1, 0.15) is 30.7 Å². The van der Waals surface area contributed by atoms with Crippen LogP contribution in [0.25, 0.3) is 0 Å². The molecule has 0 spiro atoms. The van der Waals surface area contributed by atoms with E-state index in [0.717, 1.165) is 34.6 Å². The smallest absolute Gasteiger partial charge is 0.108 e. The zero-order chi connectivity index (χ0) is 11.5. The molecule has 1 aliphatic rings. The van der Waals surface area contributed by atoms with Gasteiger partial charge in [0.2, 0.25) is 0 Å². The average Bonchev–Trinajstić information content (AvgIpc) is 2.64. The second kappa shape index (κ2) is 5.58. The lowest BCUT2D eigenvalue weighted by Gasteiger charge is -2.34. The van der Waals surface area contributed by atoms with E-state index in [2.05, 4.69) is 32.9 Å². The van der Waals surface area contributed by atoms with Gasteiger partial charge in [-0.25, -0.2) is 4.98 Å². The normalized spacial score (nSPS) is 26.2. The summed E-state index contributed by atoms with van der Waals surface area (Å²) in [6.07, 6.45) is 6.11. The minimum atomic E-state index is -0.165. The lowest BCUT2D eigenvalue weighted by Crippen LogP contribution is -2.42. The molecule has 0 amide bonds. The van der Waals surface area contributed by atoms with Gasteiger partial charge in [0, 0.05) is 6.04 Å². The van der Waals surface area contributed by atoms with E-state index in [1.807, 2.05) is 6.20 Å². The Morgan fingerprint density at radius 2 is 2.31 bits per heavy atom. The summed E-state index contributed by atoms with van der Waals surface area (Å²) in [6, 6.07) is 0.302. The van der Waals surface area contributed by atoms with Crippen LogP contribution >= 0.6 is 27.3 Å². The van der Waals surface area contributed by atoms with E-state index < -0.39 is 0 Å². The van der Waals surface area contributed by atoms with Crippen molar-refractivity contribution in [2.24, 2.45) is 0 Å². The molecule has 3 nitrogen and oxygen atoms in total. The van der Waals surface area contributed by atoms with Crippen molar-refractivity contribution in [2.45, 2.75) is 44.4 Å². The van der Waals surface area contributed by atoms with Crippen molar-refractivity contribution >= 4 is 27.3 Å². The Bertz CT molecular complexity index is 344. The van der Waals surface area contributed by atoms with Gasteiger partial charge in [0.25, 0.3) is 0 Å². The van der Waals surface area contributed by atoms with Crippen molar-refractivity contribution < 1.29 is 5.11 Å². The molecule has 1 aromatic rings. The van der Waals surface area contributed by atoms with Crippen LogP contribution in [-0.2, 0) is 6.54 Å². The molecule has 0 aliphatic heterocycles. The van der Waals surface area contributed by atoms with Gasteiger partial charge in [-0.2, -0.15) is 0 Å². The van der Waals surface area contributed by atoms with E-state index >= 15 is 0 Å². The van der Waals surface area contributed by atoms with Gasteiger partial charge < -0.3 is 5.11 Å². The molecule has 16 heavy (non-hydrogen) atoms. The molecule has 0 radical (unpaired) electrons. The maximum atomic E-state index is 9.95. The van der Waals surface area contributed by atoms with Crippen LogP contribution in [0.3, 0.4) is 0 Å². The summed E-state index contributed by atoms with van der Waals surface area (Å²) in [5.41, 5.74) is 0. The zero-order valence-corrected chi connectivity index (χ0v) is 11.8. The first-order valence-corrected chi connectivity index (χ1v) is 7.26. The maximum Gasteiger partial charge on any atom is 0.108 e. The number of likely N-dealkylation sites (N-methyl/N-ethyl adjacent to an activating group) is 1. The molecule has 1 aromatic heterocycles. The first kappa shape index (κ1) is 12.5. The predicted octanol–water partition coefficient (Wildman–Crippen LogP) is 2.64. The number of thiazole rings is 1. The van der Waals surface area contributed by atoms with E-state index in [0.29, 0.717) is 6.04 Å². The molecule has 0 unspecified atom stereocenters. The van der Waals surface area contributed by atoms with Crippen molar-refractivity contribution in [3.8, 4) is 0 Å². The Labute approximate surface area is 109 Å². The molecule has 0 saturated heterocycles. The van der Waals surface area contributed by atoms with Gasteiger partial charge in [0.05, 0.1) is 22.6 Å². The van der Waals surface area contributed by atoms with Crippen LogP contribution in [0, 0.1) is 0 Å². The Kier molecular flexibility index (Phi) is 4.35. The fourth-order valence-electron chi connectivity index (χ4n) is 2.30. The molecular weight excluding hydrogens is 288 g/mol. The highest BCUT2D eigenvalue weighted by Crippen LogP contribution is 2.25. The first-order chi connectivity index (χ1) is 7.66. The SMILES string of the molecule is CN(Cc1ncc(Br)s1)[C@@H]1CCCC[C@H]1O.